The van der Waals surface area contributed by atoms with Crippen LogP contribution in [-0.2, 0) is 22.2 Å². The second-order valence-corrected chi connectivity index (χ2v) is 9.87. The molecule has 0 bridgehead atoms. The third-order valence-electron chi connectivity index (χ3n) is 6.39. The van der Waals surface area contributed by atoms with Crippen LogP contribution >= 0.6 is 0 Å². The fourth-order valence-electron chi connectivity index (χ4n) is 4.40. The highest BCUT2D eigenvalue weighted by Crippen LogP contribution is 2.49. The van der Waals surface area contributed by atoms with E-state index in [0.717, 1.165) is 46.4 Å². The zero-order valence-corrected chi connectivity index (χ0v) is 19.3. The minimum absolute atomic E-state index is 0.0166. The molecule has 166 valence electrons. The fraction of sp³-hybridized carbons (Fsp3) is 0.423. The Morgan fingerprint density at radius 1 is 1.22 bits per heavy atom. The van der Waals surface area contributed by atoms with Crippen molar-refractivity contribution >= 4 is 30.3 Å². The molecule has 2 radical (unpaired) electrons. The number of carbonyl (C=O) groups is 1. The number of nitrogens with one attached hydrogen (secondary N) is 1. The second-order valence-electron chi connectivity index (χ2n) is 9.87. The van der Waals surface area contributed by atoms with Crippen molar-refractivity contribution in [1.82, 2.24) is 4.57 Å². The van der Waals surface area contributed by atoms with E-state index in [2.05, 4.69) is 36.7 Å². The van der Waals surface area contributed by atoms with Gasteiger partial charge in [-0.15, -0.1) is 0 Å². The second kappa shape index (κ2) is 8.32. The van der Waals surface area contributed by atoms with Crippen molar-refractivity contribution in [2.75, 3.05) is 19.0 Å². The van der Waals surface area contributed by atoms with E-state index in [1.807, 2.05) is 42.5 Å². The number of methoxy groups -OCH3 is 1. The van der Waals surface area contributed by atoms with E-state index in [0.29, 0.717) is 6.54 Å². The summed E-state index contributed by atoms with van der Waals surface area (Å²) in [6, 6.07) is 15.9. The van der Waals surface area contributed by atoms with Crippen LogP contribution in [0.1, 0.15) is 44.9 Å². The lowest BCUT2D eigenvalue weighted by Gasteiger charge is -2.24. The van der Waals surface area contributed by atoms with Crippen molar-refractivity contribution in [3.8, 4) is 5.75 Å². The maximum absolute atomic E-state index is 13.2. The van der Waals surface area contributed by atoms with E-state index in [1.165, 1.54) is 0 Å². The van der Waals surface area contributed by atoms with Crippen LogP contribution in [0.4, 0.5) is 5.69 Å². The number of nitrogens with zero attached hydrogens (tertiary/aromatic N) is 1. The summed E-state index contributed by atoms with van der Waals surface area (Å²) in [6.45, 7) is 6.96. The molecule has 0 saturated heterocycles. The molecule has 1 atom stereocenters. The third kappa shape index (κ3) is 4.16. The maximum Gasteiger partial charge on any atom is 0.235 e. The number of aromatic nitrogens is 1. The van der Waals surface area contributed by atoms with Gasteiger partial charge in [0.15, 0.2) is 0 Å². The average molecular weight is 430 g/mol. The van der Waals surface area contributed by atoms with Gasteiger partial charge in [-0.1, -0.05) is 32.9 Å². The highest BCUT2D eigenvalue weighted by atomic mass is 16.5. The molecule has 1 fully saturated rings. The van der Waals surface area contributed by atoms with Crippen LogP contribution in [0.3, 0.4) is 0 Å². The van der Waals surface area contributed by atoms with Crippen LogP contribution in [-0.4, -0.2) is 37.1 Å². The lowest BCUT2D eigenvalue weighted by Crippen LogP contribution is -2.27. The van der Waals surface area contributed by atoms with Crippen LogP contribution in [0.2, 0.25) is 5.82 Å². The summed E-state index contributed by atoms with van der Waals surface area (Å²) >= 11 is 0. The van der Waals surface area contributed by atoms with Gasteiger partial charge in [0.25, 0.3) is 0 Å². The van der Waals surface area contributed by atoms with Crippen molar-refractivity contribution in [3.05, 3.63) is 59.8 Å². The minimum Gasteiger partial charge on any atom is -0.497 e. The summed E-state index contributed by atoms with van der Waals surface area (Å²) < 4.78 is 7.52. The Kier molecular flexibility index (Phi) is 5.84. The number of aliphatic hydroxyl groups excluding tert-OH is 1. The Hall–Kier alpha value is -2.73. The lowest BCUT2D eigenvalue weighted by atomic mass is 9.87. The largest absolute Gasteiger partial charge is 0.497 e. The Bertz CT molecular complexity index is 1140. The molecule has 3 aromatic rings. The first-order chi connectivity index (χ1) is 15.2. The monoisotopic (exact) mass is 430 g/mol. The maximum atomic E-state index is 13.2. The number of hydrogen-bond donors (Lipinski definition) is 2. The first-order valence-electron chi connectivity index (χ1n) is 11.1. The van der Waals surface area contributed by atoms with Crippen molar-refractivity contribution in [1.29, 1.82) is 0 Å². The Morgan fingerprint density at radius 2 is 1.97 bits per heavy atom. The van der Waals surface area contributed by atoms with Crippen LogP contribution in [0.25, 0.3) is 10.9 Å². The van der Waals surface area contributed by atoms with E-state index in [4.69, 9.17) is 12.6 Å². The molecule has 4 rings (SSSR count). The molecule has 2 aromatic carbocycles. The van der Waals surface area contributed by atoms with Gasteiger partial charge in [-0.2, -0.15) is 0 Å². The van der Waals surface area contributed by atoms with Crippen LogP contribution in [0, 0.1) is 0 Å². The Morgan fingerprint density at radius 3 is 2.59 bits per heavy atom. The molecular formula is C26H31BN2O3. The molecule has 2 N–H and O–H groups in total. The summed E-state index contributed by atoms with van der Waals surface area (Å²) in [5.74, 6) is 0.451. The molecule has 6 heteroatoms. The van der Waals surface area contributed by atoms with Gasteiger partial charge in [0.05, 0.1) is 20.4 Å². The number of ether oxygens (including phenoxy) is 1. The summed E-state index contributed by atoms with van der Waals surface area (Å²) in [5.41, 5.74) is 3.40. The number of hydrogen-bond acceptors (Lipinski definition) is 3. The lowest BCUT2D eigenvalue weighted by molar-refractivity contribution is -0.118. The van der Waals surface area contributed by atoms with Crippen LogP contribution in [0.15, 0.2) is 48.5 Å². The SMILES string of the molecule is [B][C@@H](CO)Cn1c(C(C)(C)C)cc2cc(NC(=O)C3(c4cccc(OC)c4)CC3)ccc21. The Balaban J connectivity index is 1.63. The number of benzene rings is 2. The molecule has 0 unspecified atom stereocenters. The number of aliphatic hydroxyl groups is 1. The highest BCUT2D eigenvalue weighted by Gasteiger charge is 2.51. The van der Waals surface area contributed by atoms with Gasteiger partial charge in [-0.05, 0) is 60.6 Å². The predicted octanol–water partition coefficient (Wildman–Crippen LogP) is 4.57. The first-order valence-corrected chi connectivity index (χ1v) is 11.1. The number of rotatable bonds is 7. The molecule has 0 spiro atoms. The summed E-state index contributed by atoms with van der Waals surface area (Å²) in [6.07, 6.45) is 1.66. The highest BCUT2D eigenvalue weighted by molar-refractivity contribution is 6.11. The smallest absolute Gasteiger partial charge is 0.235 e. The van der Waals surface area contributed by atoms with E-state index in [1.54, 1.807) is 7.11 Å². The molecule has 1 aliphatic rings. The van der Waals surface area contributed by atoms with Gasteiger partial charge in [0.1, 0.15) is 5.75 Å². The van der Waals surface area contributed by atoms with Crippen LogP contribution < -0.4 is 10.1 Å². The standard InChI is InChI=1S/C26H31BN2O3/c1-25(2,3)23-13-17-12-20(8-9-22(17)29(23)15-19(27)16-30)28-24(31)26(10-11-26)18-6-5-7-21(14-18)32-4/h5-9,12-14,19,30H,10-11,15-16H2,1-4H3,(H,28,31)/t19-/m1/s1. The van der Waals surface area contributed by atoms with Crippen molar-refractivity contribution in [2.24, 2.45) is 0 Å². The van der Waals surface area contributed by atoms with Gasteiger partial charge in [-0.25, -0.2) is 0 Å². The molecule has 0 aliphatic heterocycles. The molecule has 1 aliphatic carbocycles. The predicted molar refractivity (Wildman–Crippen MR) is 130 cm³/mol. The van der Waals surface area contributed by atoms with Gasteiger partial charge < -0.3 is 19.7 Å². The fourth-order valence-corrected chi connectivity index (χ4v) is 4.40. The summed E-state index contributed by atoms with van der Waals surface area (Å²) in [7, 11) is 7.70. The van der Waals surface area contributed by atoms with Crippen molar-refractivity contribution in [3.63, 3.8) is 0 Å². The minimum atomic E-state index is -0.486. The molecule has 1 heterocycles. The number of fused-ring (bicyclic) bond motifs is 1. The van der Waals surface area contributed by atoms with Gasteiger partial charge in [0, 0.05) is 40.9 Å². The van der Waals surface area contributed by atoms with Gasteiger partial charge >= 0.3 is 0 Å². The van der Waals surface area contributed by atoms with Crippen molar-refractivity contribution in [2.45, 2.75) is 56.8 Å². The number of anilines is 1. The van der Waals surface area contributed by atoms with E-state index < -0.39 is 5.41 Å². The summed E-state index contributed by atoms with van der Waals surface area (Å²) in [5, 5.41) is 13.6. The van der Waals surface area contributed by atoms with Gasteiger partial charge in [0.2, 0.25) is 5.91 Å². The van der Waals surface area contributed by atoms with E-state index in [-0.39, 0.29) is 23.7 Å². The summed E-state index contributed by atoms with van der Waals surface area (Å²) in [4.78, 5) is 13.2. The van der Waals surface area contributed by atoms with E-state index in [9.17, 15) is 9.90 Å². The van der Waals surface area contributed by atoms with Crippen LogP contribution in [0.5, 0.6) is 5.75 Å². The zero-order valence-electron chi connectivity index (χ0n) is 19.3. The molecular weight excluding hydrogens is 399 g/mol. The molecule has 1 aromatic heterocycles. The quantitative estimate of drug-likeness (QED) is 0.540. The average Bonchev–Trinajstić information content (AvgIpc) is 3.50. The Labute approximate surface area is 191 Å². The molecule has 32 heavy (non-hydrogen) atoms. The first kappa shape index (κ1) is 22.5. The topological polar surface area (TPSA) is 63.5 Å². The van der Waals surface area contributed by atoms with Crippen molar-refractivity contribution < 1.29 is 14.6 Å². The van der Waals surface area contributed by atoms with E-state index >= 15 is 0 Å². The molecule has 1 amide bonds. The van der Waals surface area contributed by atoms with Gasteiger partial charge in [-0.3, -0.25) is 4.79 Å². The molecule has 1 saturated carbocycles. The third-order valence-corrected chi connectivity index (χ3v) is 6.39. The zero-order chi connectivity index (χ0) is 23.1. The normalized spacial score (nSPS) is 16.0. The number of amides is 1. The molecule has 5 nitrogen and oxygen atoms in total. The number of carbonyl (C=O) groups excluding carboxylic acids is 1.